The van der Waals surface area contributed by atoms with Gasteiger partial charge in [0.15, 0.2) is 5.13 Å². The van der Waals surface area contributed by atoms with Crippen LogP contribution in [-0.2, 0) is 19.2 Å². The number of aromatic nitrogens is 1. The van der Waals surface area contributed by atoms with E-state index in [1.54, 1.807) is 11.4 Å². The lowest BCUT2D eigenvalue weighted by atomic mass is 9.81. The van der Waals surface area contributed by atoms with Crippen molar-refractivity contribution in [1.29, 1.82) is 0 Å². The number of likely N-dealkylation sites (tertiary alicyclic amines) is 1. The molecule has 168 valence electrons. The average Bonchev–Trinajstić information content (AvgIpc) is 3.29. The third kappa shape index (κ3) is 4.55. The zero-order chi connectivity index (χ0) is 22.8. The summed E-state index contributed by atoms with van der Waals surface area (Å²) in [6.45, 7) is 1.39. The maximum Gasteiger partial charge on any atom is 0.233 e. The van der Waals surface area contributed by atoms with Gasteiger partial charge in [-0.25, -0.2) is 9.37 Å². The number of nitrogens with one attached hydrogen (secondary N) is 2. The Hall–Kier alpha value is -3.14. The number of rotatable bonds is 6. The van der Waals surface area contributed by atoms with Crippen LogP contribution in [-0.4, -0.2) is 40.1 Å². The Balaban J connectivity index is 1.35. The molecule has 0 bridgehead atoms. The molecule has 32 heavy (non-hydrogen) atoms. The molecule has 1 aliphatic heterocycles. The molecule has 2 unspecified atom stereocenters. The summed E-state index contributed by atoms with van der Waals surface area (Å²) in [5, 5.41) is 7.06. The smallest absolute Gasteiger partial charge is 0.233 e. The fourth-order valence-electron chi connectivity index (χ4n) is 4.31. The van der Waals surface area contributed by atoms with Crippen molar-refractivity contribution in [3.63, 3.8) is 0 Å². The molecule has 0 spiro atoms. The van der Waals surface area contributed by atoms with Crippen LogP contribution in [0.1, 0.15) is 39.0 Å². The van der Waals surface area contributed by atoms with Crippen molar-refractivity contribution in [2.45, 2.75) is 39.0 Å². The molecule has 4 rings (SSSR count). The van der Waals surface area contributed by atoms with Crippen molar-refractivity contribution in [3.05, 3.63) is 29.4 Å². The van der Waals surface area contributed by atoms with Gasteiger partial charge >= 0.3 is 0 Å². The molecule has 1 aromatic carbocycles. The summed E-state index contributed by atoms with van der Waals surface area (Å²) >= 11 is 1.14. The molecule has 2 heterocycles. The number of benzene rings is 1. The van der Waals surface area contributed by atoms with Crippen LogP contribution in [0.3, 0.4) is 0 Å². The highest BCUT2D eigenvalue weighted by Crippen LogP contribution is 2.38. The zero-order valence-electron chi connectivity index (χ0n) is 17.5. The minimum atomic E-state index is -0.549. The molecule has 2 N–H and O–H groups in total. The maximum atomic E-state index is 14.4. The first-order valence-electron chi connectivity index (χ1n) is 10.5. The Bertz CT molecular complexity index is 1060. The molecular weight excluding hydrogens is 435 g/mol. The number of thiazole rings is 1. The van der Waals surface area contributed by atoms with Crippen LogP contribution in [0.2, 0.25) is 0 Å². The van der Waals surface area contributed by atoms with E-state index < -0.39 is 5.82 Å². The standard InChI is InChI=1S/C22H23FN4O4S/c1-12(28)24-13-6-7-16(17(23)10-13)18-11-32-22(25-18)26-19(29)8-9-27-20(30)14-4-2-3-5-15(14)21(27)31/h6-7,10-11,14-15H,2-5,8-9H2,1H3,(H,24,28)(H,25,26,29). The third-order valence-electron chi connectivity index (χ3n) is 5.81. The topological polar surface area (TPSA) is 108 Å². The molecule has 2 atom stereocenters. The number of carbonyl (C=O) groups excluding carboxylic acids is 4. The van der Waals surface area contributed by atoms with Crippen molar-refractivity contribution in [2.24, 2.45) is 11.8 Å². The Morgan fingerprint density at radius 1 is 1.16 bits per heavy atom. The van der Waals surface area contributed by atoms with Gasteiger partial charge in [-0.15, -0.1) is 11.3 Å². The molecular formula is C22H23FN4O4S. The molecule has 4 amide bonds. The normalized spacial score (nSPS) is 20.2. The summed E-state index contributed by atoms with van der Waals surface area (Å²) in [6, 6.07) is 4.28. The Labute approximate surface area is 188 Å². The van der Waals surface area contributed by atoms with Crippen molar-refractivity contribution < 1.29 is 23.6 Å². The Morgan fingerprint density at radius 2 is 1.84 bits per heavy atom. The lowest BCUT2D eigenvalue weighted by Crippen LogP contribution is -2.34. The van der Waals surface area contributed by atoms with Crippen LogP contribution in [0.5, 0.6) is 0 Å². The van der Waals surface area contributed by atoms with E-state index >= 15 is 0 Å². The van der Waals surface area contributed by atoms with E-state index in [4.69, 9.17) is 0 Å². The number of nitrogens with zero attached hydrogens (tertiary/aromatic N) is 2. The van der Waals surface area contributed by atoms with E-state index in [9.17, 15) is 23.6 Å². The number of hydrogen-bond acceptors (Lipinski definition) is 6. The van der Waals surface area contributed by atoms with Crippen LogP contribution in [0.25, 0.3) is 11.3 Å². The van der Waals surface area contributed by atoms with Crippen molar-refractivity contribution in [1.82, 2.24) is 9.88 Å². The first kappa shape index (κ1) is 22.1. The summed E-state index contributed by atoms with van der Waals surface area (Å²) in [7, 11) is 0. The van der Waals surface area contributed by atoms with E-state index in [0.29, 0.717) is 16.5 Å². The van der Waals surface area contributed by atoms with Crippen molar-refractivity contribution in [3.8, 4) is 11.3 Å². The van der Waals surface area contributed by atoms with Gasteiger partial charge in [0.2, 0.25) is 23.6 Å². The fraction of sp³-hybridized carbons (Fsp3) is 0.409. The second-order valence-corrected chi connectivity index (χ2v) is 8.90. The summed E-state index contributed by atoms with van der Waals surface area (Å²) in [6.07, 6.45) is 3.37. The fourth-order valence-corrected chi connectivity index (χ4v) is 5.03. The van der Waals surface area contributed by atoms with Gasteiger partial charge in [-0.05, 0) is 31.0 Å². The maximum absolute atomic E-state index is 14.4. The van der Waals surface area contributed by atoms with Gasteiger partial charge < -0.3 is 10.6 Å². The highest BCUT2D eigenvalue weighted by molar-refractivity contribution is 7.14. The van der Waals surface area contributed by atoms with E-state index in [2.05, 4.69) is 15.6 Å². The largest absolute Gasteiger partial charge is 0.326 e. The predicted molar refractivity (Wildman–Crippen MR) is 117 cm³/mol. The van der Waals surface area contributed by atoms with Gasteiger partial charge in [-0.2, -0.15) is 0 Å². The number of anilines is 2. The summed E-state index contributed by atoms with van der Waals surface area (Å²) in [4.78, 5) is 53.9. The third-order valence-corrected chi connectivity index (χ3v) is 6.57. The molecule has 2 aromatic rings. The van der Waals surface area contributed by atoms with Gasteiger partial charge in [0.05, 0.1) is 17.5 Å². The number of halogens is 1. The molecule has 2 aliphatic rings. The zero-order valence-corrected chi connectivity index (χ0v) is 18.3. The lowest BCUT2D eigenvalue weighted by molar-refractivity contribution is -0.140. The van der Waals surface area contributed by atoms with Gasteiger partial charge in [-0.3, -0.25) is 24.1 Å². The highest BCUT2D eigenvalue weighted by Gasteiger charge is 2.47. The average molecular weight is 459 g/mol. The van der Waals surface area contributed by atoms with E-state index in [0.717, 1.165) is 37.0 Å². The molecule has 1 saturated carbocycles. The SMILES string of the molecule is CC(=O)Nc1ccc(-c2csc(NC(=O)CCN3C(=O)C4CCCCC4C3=O)n2)c(F)c1. The van der Waals surface area contributed by atoms with Crippen molar-refractivity contribution >= 4 is 45.8 Å². The molecule has 10 heteroatoms. The molecule has 1 aliphatic carbocycles. The number of fused-ring (bicyclic) bond motifs is 1. The number of carbonyl (C=O) groups is 4. The predicted octanol–water partition coefficient (Wildman–Crippen LogP) is 3.41. The van der Waals surface area contributed by atoms with Gasteiger partial charge in [-0.1, -0.05) is 12.8 Å². The van der Waals surface area contributed by atoms with E-state index in [-0.39, 0.29) is 54.0 Å². The van der Waals surface area contributed by atoms with Gasteiger partial charge in [0.25, 0.3) is 0 Å². The highest BCUT2D eigenvalue weighted by atomic mass is 32.1. The van der Waals surface area contributed by atoms with Crippen LogP contribution < -0.4 is 10.6 Å². The van der Waals surface area contributed by atoms with Crippen LogP contribution in [0.15, 0.2) is 23.6 Å². The molecule has 1 saturated heterocycles. The van der Waals surface area contributed by atoms with Crippen LogP contribution >= 0.6 is 11.3 Å². The summed E-state index contributed by atoms with van der Waals surface area (Å²) < 4.78 is 14.4. The summed E-state index contributed by atoms with van der Waals surface area (Å²) in [5.41, 5.74) is 0.936. The summed E-state index contributed by atoms with van der Waals surface area (Å²) in [5.74, 6) is -2.01. The first-order valence-corrected chi connectivity index (χ1v) is 11.4. The van der Waals surface area contributed by atoms with Gasteiger partial charge in [0.1, 0.15) is 5.82 Å². The minimum Gasteiger partial charge on any atom is -0.326 e. The molecule has 0 radical (unpaired) electrons. The second-order valence-electron chi connectivity index (χ2n) is 8.04. The Kier molecular flexibility index (Phi) is 6.31. The van der Waals surface area contributed by atoms with E-state index in [1.165, 1.54) is 24.0 Å². The van der Waals surface area contributed by atoms with Crippen molar-refractivity contribution in [2.75, 3.05) is 17.2 Å². The number of imide groups is 1. The molecule has 1 aromatic heterocycles. The van der Waals surface area contributed by atoms with Crippen LogP contribution in [0, 0.1) is 17.7 Å². The number of hydrogen-bond donors (Lipinski definition) is 2. The van der Waals surface area contributed by atoms with E-state index in [1.807, 2.05) is 0 Å². The quantitative estimate of drug-likeness (QED) is 0.645. The molecule has 8 nitrogen and oxygen atoms in total. The Morgan fingerprint density at radius 3 is 2.47 bits per heavy atom. The number of amides is 4. The van der Waals surface area contributed by atoms with Gasteiger partial charge in [0, 0.05) is 36.5 Å². The second kappa shape index (κ2) is 9.15. The first-order chi connectivity index (χ1) is 15.3. The minimum absolute atomic E-state index is 0.0222. The monoisotopic (exact) mass is 458 g/mol. The molecule has 2 fully saturated rings. The van der Waals surface area contributed by atoms with Crippen LogP contribution in [0.4, 0.5) is 15.2 Å². The lowest BCUT2D eigenvalue weighted by Gasteiger charge is -2.19.